The molecule has 1 aliphatic rings. The van der Waals surface area contributed by atoms with Crippen molar-refractivity contribution < 1.29 is 9.90 Å². The lowest BCUT2D eigenvalue weighted by molar-refractivity contribution is 0.0691. The molecule has 0 aliphatic heterocycles. The molecule has 2 N–H and O–H groups in total. The number of nitrogens with one attached hydrogen (secondary N) is 1. The van der Waals surface area contributed by atoms with Crippen LogP contribution in [0, 0.1) is 0 Å². The van der Waals surface area contributed by atoms with Crippen LogP contribution in [0.4, 0.5) is 0 Å². The lowest BCUT2D eigenvalue weighted by Gasteiger charge is -2.21. The molecule has 0 spiro atoms. The molecule has 2 aromatic heterocycles. The minimum Gasteiger partial charge on any atom is -0.476 e. The average Bonchev–Trinajstić information content (AvgIpc) is 3.19. The van der Waals surface area contributed by atoms with Gasteiger partial charge in [-0.3, -0.25) is 14.3 Å². The zero-order chi connectivity index (χ0) is 22.2. The monoisotopic (exact) mass is 443 g/mol. The summed E-state index contributed by atoms with van der Waals surface area (Å²) in [5, 5.41) is 11.0. The molecule has 0 saturated carbocycles. The van der Waals surface area contributed by atoms with E-state index in [2.05, 4.69) is 9.97 Å². The standard InChI is InChI=1S/C24H17N3O4S/c28-22-18(11-27(24(31)26-22)12-20-25-19(13-32-20)23(29)30)21-16-7-3-1-5-14(16)9-10-15-6-2-4-8-17(15)21/h1-11,13,21H,12H2,(H,29,30)(H,26,28,31). The number of carboxylic acid groups (broad SMARTS) is 1. The SMILES string of the molecule is O=C(O)c1csc(Cn2cc(C3c4ccccc4C=Cc4ccccc43)c(=O)[nH]c2=O)n1. The van der Waals surface area contributed by atoms with E-state index in [1.54, 1.807) is 6.20 Å². The number of aromatic amines is 1. The zero-order valence-electron chi connectivity index (χ0n) is 16.7. The summed E-state index contributed by atoms with van der Waals surface area (Å²) in [6, 6.07) is 15.7. The fraction of sp³-hybridized carbons (Fsp3) is 0.0833. The van der Waals surface area contributed by atoms with Gasteiger partial charge in [-0.2, -0.15) is 0 Å². The summed E-state index contributed by atoms with van der Waals surface area (Å²) in [6.45, 7) is 0.0643. The zero-order valence-corrected chi connectivity index (χ0v) is 17.5. The smallest absolute Gasteiger partial charge is 0.355 e. The van der Waals surface area contributed by atoms with Gasteiger partial charge in [-0.1, -0.05) is 60.7 Å². The third kappa shape index (κ3) is 3.50. The van der Waals surface area contributed by atoms with E-state index in [0.29, 0.717) is 10.6 Å². The summed E-state index contributed by atoms with van der Waals surface area (Å²) >= 11 is 1.15. The summed E-state index contributed by atoms with van der Waals surface area (Å²) in [5.41, 5.74) is 3.27. The molecule has 158 valence electrons. The predicted molar refractivity (Wildman–Crippen MR) is 122 cm³/mol. The molecule has 0 unspecified atom stereocenters. The Kier molecular flexibility index (Phi) is 4.91. The highest BCUT2D eigenvalue weighted by atomic mass is 32.1. The van der Waals surface area contributed by atoms with Crippen molar-refractivity contribution in [1.82, 2.24) is 14.5 Å². The van der Waals surface area contributed by atoms with E-state index in [9.17, 15) is 14.4 Å². The molecule has 0 saturated heterocycles. The first-order valence-electron chi connectivity index (χ1n) is 9.88. The van der Waals surface area contributed by atoms with Crippen LogP contribution in [0.3, 0.4) is 0 Å². The number of H-pyrrole nitrogens is 1. The van der Waals surface area contributed by atoms with E-state index < -0.39 is 17.2 Å². The minimum absolute atomic E-state index is 0.0643. The van der Waals surface area contributed by atoms with Crippen LogP contribution >= 0.6 is 11.3 Å². The maximum absolute atomic E-state index is 13.0. The van der Waals surface area contributed by atoms with Crippen molar-refractivity contribution in [2.75, 3.05) is 0 Å². The van der Waals surface area contributed by atoms with Gasteiger partial charge in [-0.25, -0.2) is 14.6 Å². The number of carboxylic acids is 1. The van der Waals surface area contributed by atoms with Gasteiger partial charge in [0.15, 0.2) is 5.69 Å². The second kappa shape index (κ2) is 7.90. The Morgan fingerprint density at radius 2 is 1.62 bits per heavy atom. The number of carbonyl (C=O) groups is 1. The Hall–Kier alpha value is -4.04. The molecule has 4 aromatic rings. The van der Waals surface area contributed by atoms with Crippen LogP contribution in [0.15, 0.2) is 69.7 Å². The van der Waals surface area contributed by atoms with E-state index in [4.69, 9.17) is 5.11 Å². The number of hydrogen-bond acceptors (Lipinski definition) is 5. The predicted octanol–water partition coefficient (Wildman–Crippen LogP) is 3.40. The molecular weight excluding hydrogens is 426 g/mol. The Morgan fingerprint density at radius 3 is 2.22 bits per heavy atom. The van der Waals surface area contributed by atoms with Crippen molar-refractivity contribution in [3.63, 3.8) is 0 Å². The number of benzene rings is 2. The van der Waals surface area contributed by atoms with E-state index in [1.165, 1.54) is 9.95 Å². The average molecular weight is 443 g/mol. The highest BCUT2D eigenvalue weighted by Gasteiger charge is 2.26. The fourth-order valence-corrected chi connectivity index (χ4v) is 4.78. The van der Waals surface area contributed by atoms with Crippen molar-refractivity contribution in [3.8, 4) is 0 Å². The fourth-order valence-electron chi connectivity index (χ4n) is 4.01. The number of thiazole rings is 1. The van der Waals surface area contributed by atoms with E-state index >= 15 is 0 Å². The summed E-state index contributed by atoms with van der Waals surface area (Å²) < 4.78 is 1.37. The number of aromatic nitrogens is 3. The molecule has 8 heteroatoms. The molecule has 2 aromatic carbocycles. The van der Waals surface area contributed by atoms with E-state index in [-0.39, 0.29) is 18.2 Å². The molecular formula is C24H17N3O4S. The van der Waals surface area contributed by atoms with Crippen molar-refractivity contribution in [3.05, 3.63) is 119 Å². The van der Waals surface area contributed by atoms with Gasteiger partial charge in [0, 0.05) is 23.1 Å². The molecule has 5 rings (SSSR count). The summed E-state index contributed by atoms with van der Waals surface area (Å²) in [6.07, 6.45) is 5.62. The van der Waals surface area contributed by atoms with Crippen LogP contribution in [0.25, 0.3) is 12.2 Å². The molecule has 1 aliphatic carbocycles. The Bertz CT molecular complexity index is 1450. The second-order valence-electron chi connectivity index (χ2n) is 7.43. The Balaban J connectivity index is 1.67. The number of nitrogens with zero attached hydrogens (tertiary/aromatic N) is 2. The number of fused-ring (bicyclic) bond motifs is 2. The van der Waals surface area contributed by atoms with E-state index in [0.717, 1.165) is 33.6 Å². The van der Waals surface area contributed by atoms with E-state index in [1.807, 2.05) is 60.7 Å². The third-order valence-electron chi connectivity index (χ3n) is 5.48. The minimum atomic E-state index is -1.12. The van der Waals surface area contributed by atoms with Gasteiger partial charge in [0.05, 0.1) is 6.54 Å². The summed E-state index contributed by atoms with van der Waals surface area (Å²) in [5.74, 6) is -1.50. The van der Waals surface area contributed by atoms with Crippen molar-refractivity contribution in [2.45, 2.75) is 12.5 Å². The van der Waals surface area contributed by atoms with Crippen LogP contribution in [0.2, 0.25) is 0 Å². The van der Waals surface area contributed by atoms with Crippen molar-refractivity contribution in [2.24, 2.45) is 0 Å². The van der Waals surface area contributed by atoms with Gasteiger partial charge >= 0.3 is 11.7 Å². The molecule has 0 amide bonds. The summed E-state index contributed by atoms with van der Waals surface area (Å²) in [7, 11) is 0. The highest BCUT2D eigenvalue weighted by Crippen LogP contribution is 2.37. The third-order valence-corrected chi connectivity index (χ3v) is 6.32. The van der Waals surface area contributed by atoms with Gasteiger partial charge in [-0.05, 0) is 22.3 Å². The molecule has 0 radical (unpaired) electrons. The number of hydrogen-bond donors (Lipinski definition) is 2. The number of rotatable bonds is 4. The second-order valence-corrected chi connectivity index (χ2v) is 8.37. The van der Waals surface area contributed by atoms with Crippen LogP contribution in [-0.4, -0.2) is 25.6 Å². The molecule has 7 nitrogen and oxygen atoms in total. The first-order valence-corrected chi connectivity index (χ1v) is 10.8. The Labute approximate surface area is 186 Å². The first kappa shape index (κ1) is 19.9. The van der Waals surface area contributed by atoms with Crippen molar-refractivity contribution in [1.29, 1.82) is 0 Å². The van der Waals surface area contributed by atoms with Crippen LogP contribution in [-0.2, 0) is 6.54 Å². The lowest BCUT2D eigenvalue weighted by Crippen LogP contribution is -2.33. The molecule has 0 fully saturated rings. The van der Waals surface area contributed by atoms with Crippen LogP contribution in [0.5, 0.6) is 0 Å². The van der Waals surface area contributed by atoms with Gasteiger partial charge in [-0.15, -0.1) is 11.3 Å². The van der Waals surface area contributed by atoms with Gasteiger partial charge in [0.25, 0.3) is 5.56 Å². The highest BCUT2D eigenvalue weighted by molar-refractivity contribution is 7.09. The Morgan fingerprint density at radius 1 is 1.00 bits per heavy atom. The molecule has 32 heavy (non-hydrogen) atoms. The molecule has 2 heterocycles. The van der Waals surface area contributed by atoms with Gasteiger partial charge < -0.3 is 5.11 Å². The van der Waals surface area contributed by atoms with Gasteiger partial charge in [0.2, 0.25) is 0 Å². The lowest BCUT2D eigenvalue weighted by atomic mass is 9.83. The van der Waals surface area contributed by atoms with Crippen LogP contribution in [0.1, 0.15) is 49.2 Å². The first-order chi connectivity index (χ1) is 15.5. The van der Waals surface area contributed by atoms with Crippen molar-refractivity contribution >= 4 is 29.5 Å². The summed E-state index contributed by atoms with van der Waals surface area (Å²) in [4.78, 5) is 43.1. The molecule has 0 atom stereocenters. The van der Waals surface area contributed by atoms with Gasteiger partial charge in [0.1, 0.15) is 5.01 Å². The largest absolute Gasteiger partial charge is 0.476 e. The quantitative estimate of drug-likeness (QED) is 0.443. The molecule has 0 bridgehead atoms. The number of aromatic carboxylic acids is 1. The van der Waals surface area contributed by atoms with Crippen LogP contribution < -0.4 is 11.2 Å². The topological polar surface area (TPSA) is 105 Å². The maximum Gasteiger partial charge on any atom is 0.355 e. The normalized spacial score (nSPS) is 12.8. The maximum atomic E-state index is 13.0.